The van der Waals surface area contributed by atoms with E-state index in [0.717, 1.165) is 5.69 Å². The van der Waals surface area contributed by atoms with Gasteiger partial charge in [0.15, 0.2) is 0 Å². The van der Waals surface area contributed by atoms with Crippen molar-refractivity contribution in [2.45, 2.75) is 26.6 Å². The summed E-state index contributed by atoms with van der Waals surface area (Å²) in [6.07, 6.45) is -4.01. The highest BCUT2D eigenvalue weighted by atomic mass is 19.4. The van der Waals surface area contributed by atoms with Crippen LogP contribution in [0.15, 0.2) is 28.7 Å². The number of hydrogen-bond donors (Lipinski definition) is 0. The van der Waals surface area contributed by atoms with Crippen molar-refractivity contribution in [3.8, 4) is 17.2 Å². The van der Waals surface area contributed by atoms with E-state index >= 15 is 0 Å². The van der Waals surface area contributed by atoms with Gasteiger partial charge in [-0.1, -0.05) is 13.0 Å². The molecule has 19 heavy (non-hydrogen) atoms. The zero-order valence-corrected chi connectivity index (χ0v) is 10.4. The molecule has 0 bridgehead atoms. The summed E-state index contributed by atoms with van der Waals surface area (Å²) in [6, 6.07) is 5.56. The maximum atomic E-state index is 12.1. The van der Waals surface area contributed by atoms with Gasteiger partial charge >= 0.3 is 6.36 Å². The Labute approximate surface area is 108 Å². The number of benzene rings is 1. The van der Waals surface area contributed by atoms with Crippen LogP contribution >= 0.6 is 0 Å². The number of hydrogen-bond acceptors (Lipinski definition) is 3. The van der Waals surface area contributed by atoms with E-state index in [1.807, 2.05) is 6.92 Å². The molecule has 0 unspecified atom stereocenters. The minimum atomic E-state index is -4.71. The summed E-state index contributed by atoms with van der Waals surface area (Å²) < 4.78 is 45.7. The topological polar surface area (TPSA) is 35.3 Å². The Morgan fingerprint density at radius 2 is 2.05 bits per heavy atom. The third-order valence-electron chi connectivity index (χ3n) is 2.54. The molecule has 0 saturated carbocycles. The van der Waals surface area contributed by atoms with Crippen molar-refractivity contribution < 1.29 is 22.3 Å². The first kappa shape index (κ1) is 13.5. The van der Waals surface area contributed by atoms with E-state index in [-0.39, 0.29) is 5.75 Å². The molecule has 2 aromatic rings. The molecule has 102 valence electrons. The van der Waals surface area contributed by atoms with E-state index in [2.05, 4.69) is 9.72 Å². The molecule has 0 amide bonds. The van der Waals surface area contributed by atoms with Crippen molar-refractivity contribution in [1.82, 2.24) is 4.98 Å². The standard InChI is InChI=1S/C13H12F3NO2/c1-3-11-8(2)18-12(17-11)9-5-4-6-10(7-9)19-13(14,15)16/h4-7H,3H2,1-2H3. The minimum Gasteiger partial charge on any atom is -0.441 e. The van der Waals surface area contributed by atoms with Crippen LogP contribution in [0.2, 0.25) is 0 Å². The van der Waals surface area contributed by atoms with Gasteiger partial charge < -0.3 is 9.15 Å². The average molecular weight is 271 g/mol. The molecule has 6 heteroatoms. The smallest absolute Gasteiger partial charge is 0.441 e. The number of aryl methyl sites for hydroxylation is 2. The average Bonchev–Trinajstić information content (AvgIpc) is 2.69. The number of oxazole rings is 1. The zero-order valence-electron chi connectivity index (χ0n) is 10.4. The van der Waals surface area contributed by atoms with Gasteiger partial charge in [0, 0.05) is 5.56 Å². The number of rotatable bonds is 3. The highest BCUT2D eigenvalue weighted by Gasteiger charge is 2.31. The van der Waals surface area contributed by atoms with E-state index in [1.54, 1.807) is 13.0 Å². The fourth-order valence-electron chi connectivity index (χ4n) is 1.71. The highest BCUT2D eigenvalue weighted by Crippen LogP contribution is 2.28. The molecule has 0 aliphatic carbocycles. The largest absolute Gasteiger partial charge is 0.573 e. The molecule has 0 radical (unpaired) electrons. The third-order valence-corrected chi connectivity index (χ3v) is 2.54. The van der Waals surface area contributed by atoms with E-state index in [1.165, 1.54) is 18.2 Å². The van der Waals surface area contributed by atoms with Crippen LogP contribution < -0.4 is 4.74 Å². The Balaban J connectivity index is 2.32. The van der Waals surface area contributed by atoms with Crippen LogP contribution in [-0.4, -0.2) is 11.3 Å². The third kappa shape index (κ3) is 3.27. The predicted molar refractivity (Wildman–Crippen MR) is 62.7 cm³/mol. The molecule has 1 heterocycles. The molecule has 0 fully saturated rings. The van der Waals surface area contributed by atoms with Gasteiger partial charge in [0.1, 0.15) is 11.5 Å². The van der Waals surface area contributed by atoms with E-state index in [0.29, 0.717) is 23.6 Å². The Hall–Kier alpha value is -1.98. The summed E-state index contributed by atoms with van der Waals surface area (Å²) in [4.78, 5) is 4.23. The fraction of sp³-hybridized carbons (Fsp3) is 0.308. The van der Waals surface area contributed by atoms with Crippen LogP contribution in [0.4, 0.5) is 13.2 Å². The van der Waals surface area contributed by atoms with E-state index in [4.69, 9.17) is 4.42 Å². The molecule has 3 nitrogen and oxygen atoms in total. The van der Waals surface area contributed by atoms with Crippen LogP contribution in [0.1, 0.15) is 18.4 Å². The minimum absolute atomic E-state index is 0.293. The molecule has 0 N–H and O–H groups in total. The maximum absolute atomic E-state index is 12.1. The lowest BCUT2D eigenvalue weighted by Gasteiger charge is -2.08. The lowest BCUT2D eigenvalue weighted by molar-refractivity contribution is -0.274. The monoisotopic (exact) mass is 271 g/mol. The van der Waals surface area contributed by atoms with Crippen LogP contribution in [0, 0.1) is 6.92 Å². The molecular weight excluding hydrogens is 259 g/mol. The number of alkyl halides is 3. The molecule has 0 aliphatic rings. The summed E-state index contributed by atoms with van der Waals surface area (Å²) in [5.41, 5.74) is 1.24. The Kier molecular flexibility index (Phi) is 3.50. The molecule has 0 aliphatic heterocycles. The van der Waals surface area contributed by atoms with Crippen molar-refractivity contribution in [3.05, 3.63) is 35.7 Å². The van der Waals surface area contributed by atoms with Gasteiger partial charge in [-0.2, -0.15) is 0 Å². The van der Waals surface area contributed by atoms with E-state index in [9.17, 15) is 13.2 Å². The van der Waals surface area contributed by atoms with Gasteiger partial charge in [0.25, 0.3) is 0 Å². The Morgan fingerprint density at radius 1 is 1.32 bits per heavy atom. The zero-order chi connectivity index (χ0) is 14.0. The number of halogens is 3. The lowest BCUT2D eigenvalue weighted by atomic mass is 10.2. The summed E-state index contributed by atoms with van der Waals surface area (Å²) in [5.74, 6) is 0.667. The summed E-state index contributed by atoms with van der Waals surface area (Å²) >= 11 is 0. The van der Waals surface area contributed by atoms with Crippen molar-refractivity contribution >= 4 is 0 Å². The summed E-state index contributed by atoms with van der Waals surface area (Å²) in [6.45, 7) is 3.70. The predicted octanol–water partition coefficient (Wildman–Crippen LogP) is 4.11. The lowest BCUT2D eigenvalue weighted by Crippen LogP contribution is -2.17. The van der Waals surface area contributed by atoms with Crippen molar-refractivity contribution in [2.24, 2.45) is 0 Å². The van der Waals surface area contributed by atoms with Crippen molar-refractivity contribution in [1.29, 1.82) is 0 Å². The molecule has 1 aromatic carbocycles. The van der Waals surface area contributed by atoms with Crippen molar-refractivity contribution in [3.63, 3.8) is 0 Å². The SMILES string of the molecule is CCc1nc(-c2cccc(OC(F)(F)F)c2)oc1C. The normalized spacial score (nSPS) is 11.6. The second-order valence-electron chi connectivity index (χ2n) is 3.95. The summed E-state index contributed by atoms with van der Waals surface area (Å²) in [7, 11) is 0. The highest BCUT2D eigenvalue weighted by molar-refractivity contribution is 5.56. The Bertz CT molecular complexity index is 576. The Morgan fingerprint density at radius 3 is 2.63 bits per heavy atom. The first-order valence-corrected chi connectivity index (χ1v) is 5.71. The molecule has 0 atom stereocenters. The first-order valence-electron chi connectivity index (χ1n) is 5.71. The van der Waals surface area contributed by atoms with E-state index < -0.39 is 6.36 Å². The molecule has 0 saturated heterocycles. The molecule has 1 aromatic heterocycles. The van der Waals surface area contributed by atoms with Crippen LogP contribution in [0.5, 0.6) is 5.75 Å². The second-order valence-corrected chi connectivity index (χ2v) is 3.95. The van der Waals surface area contributed by atoms with Gasteiger partial charge in [0.05, 0.1) is 5.69 Å². The number of nitrogens with zero attached hydrogens (tertiary/aromatic N) is 1. The van der Waals surface area contributed by atoms with Crippen molar-refractivity contribution in [2.75, 3.05) is 0 Å². The fourth-order valence-corrected chi connectivity index (χ4v) is 1.71. The number of aromatic nitrogens is 1. The van der Waals surface area contributed by atoms with Gasteiger partial charge in [-0.15, -0.1) is 13.2 Å². The molecular formula is C13H12F3NO2. The maximum Gasteiger partial charge on any atom is 0.573 e. The van der Waals surface area contributed by atoms with Crippen LogP contribution in [0.3, 0.4) is 0 Å². The summed E-state index contributed by atoms with van der Waals surface area (Å²) in [5, 5.41) is 0. The quantitative estimate of drug-likeness (QED) is 0.842. The van der Waals surface area contributed by atoms with Crippen LogP contribution in [0.25, 0.3) is 11.5 Å². The molecule has 0 spiro atoms. The van der Waals surface area contributed by atoms with Gasteiger partial charge in [-0.25, -0.2) is 4.98 Å². The molecule has 2 rings (SSSR count). The van der Waals surface area contributed by atoms with Gasteiger partial charge in [0.2, 0.25) is 5.89 Å². The second kappa shape index (κ2) is 4.95. The van der Waals surface area contributed by atoms with Gasteiger partial charge in [-0.05, 0) is 31.5 Å². The van der Waals surface area contributed by atoms with Gasteiger partial charge in [-0.3, -0.25) is 0 Å². The first-order chi connectivity index (χ1) is 8.89. The van der Waals surface area contributed by atoms with Crippen LogP contribution in [-0.2, 0) is 6.42 Å². The number of ether oxygens (including phenoxy) is 1.